The van der Waals surface area contributed by atoms with Gasteiger partial charge in [0, 0.05) is 36.3 Å². The van der Waals surface area contributed by atoms with Crippen LogP contribution >= 0.6 is 0 Å². The lowest BCUT2D eigenvalue weighted by molar-refractivity contribution is -0.103. The third-order valence-electron chi connectivity index (χ3n) is 5.85. The Kier molecular flexibility index (Phi) is 7.43. The van der Waals surface area contributed by atoms with Crippen molar-refractivity contribution >= 4 is 29.6 Å². The second kappa shape index (κ2) is 10.2. The van der Waals surface area contributed by atoms with Gasteiger partial charge in [0.2, 0.25) is 0 Å². The standard InChI is InChI=1S/C25H28N2O5/c1-17(20-8-9-23(30)22(16-29)24(20)32-3)21(15-28)18-6-4-7-19(14-18)25(31)27-11-5-10-26(2)12-13-27/h4,6-9,14-16,30H,5,10-13H2,1-3H3/b21-17+. The second-order valence-electron chi connectivity index (χ2n) is 7.88. The molecule has 2 aromatic carbocycles. The highest BCUT2D eigenvalue weighted by Crippen LogP contribution is 2.37. The lowest BCUT2D eigenvalue weighted by Gasteiger charge is -2.21. The first-order valence-corrected chi connectivity index (χ1v) is 10.5. The van der Waals surface area contributed by atoms with E-state index < -0.39 is 0 Å². The number of carbonyl (C=O) groups is 3. The number of amides is 1. The molecule has 0 bridgehead atoms. The van der Waals surface area contributed by atoms with Gasteiger partial charge < -0.3 is 19.6 Å². The maximum atomic E-state index is 13.1. The number of hydrogen-bond acceptors (Lipinski definition) is 6. The maximum Gasteiger partial charge on any atom is 0.253 e. The molecule has 1 N–H and O–H groups in total. The van der Waals surface area contributed by atoms with Crippen molar-refractivity contribution in [3.05, 3.63) is 58.7 Å². The highest BCUT2D eigenvalue weighted by atomic mass is 16.5. The fourth-order valence-corrected chi connectivity index (χ4v) is 3.99. The van der Waals surface area contributed by atoms with Crippen LogP contribution in [0.15, 0.2) is 36.4 Å². The molecule has 1 aliphatic rings. The molecule has 1 heterocycles. The number of ether oxygens (including phenoxy) is 1. The first-order chi connectivity index (χ1) is 15.4. The number of rotatable bonds is 6. The monoisotopic (exact) mass is 436 g/mol. The zero-order chi connectivity index (χ0) is 23.3. The molecular formula is C25H28N2O5. The summed E-state index contributed by atoms with van der Waals surface area (Å²) in [6.45, 7) is 4.88. The summed E-state index contributed by atoms with van der Waals surface area (Å²) < 4.78 is 5.36. The van der Waals surface area contributed by atoms with Gasteiger partial charge in [0.05, 0.1) is 12.7 Å². The Morgan fingerprint density at radius 3 is 2.50 bits per heavy atom. The van der Waals surface area contributed by atoms with Crippen molar-refractivity contribution in [2.75, 3.05) is 40.3 Å². The lowest BCUT2D eigenvalue weighted by Crippen LogP contribution is -2.34. The molecule has 32 heavy (non-hydrogen) atoms. The fraction of sp³-hybridized carbons (Fsp3) is 0.320. The highest BCUT2D eigenvalue weighted by molar-refractivity contribution is 6.18. The van der Waals surface area contributed by atoms with E-state index in [0.29, 0.717) is 47.2 Å². The third kappa shape index (κ3) is 4.73. The summed E-state index contributed by atoms with van der Waals surface area (Å²) in [4.78, 5) is 40.7. The van der Waals surface area contributed by atoms with Crippen LogP contribution in [0.5, 0.6) is 11.5 Å². The molecule has 168 valence electrons. The molecule has 1 saturated heterocycles. The summed E-state index contributed by atoms with van der Waals surface area (Å²) in [6.07, 6.45) is 2.16. The predicted molar refractivity (Wildman–Crippen MR) is 123 cm³/mol. The molecule has 0 atom stereocenters. The van der Waals surface area contributed by atoms with E-state index in [1.165, 1.54) is 13.2 Å². The van der Waals surface area contributed by atoms with E-state index in [0.717, 1.165) is 25.8 Å². The Morgan fingerprint density at radius 2 is 1.81 bits per heavy atom. The van der Waals surface area contributed by atoms with Crippen LogP contribution in [-0.4, -0.2) is 73.7 Å². The Balaban J connectivity index is 2.01. The summed E-state index contributed by atoms with van der Waals surface area (Å²) in [6, 6.07) is 10.00. The van der Waals surface area contributed by atoms with Crippen LogP contribution < -0.4 is 4.74 Å². The van der Waals surface area contributed by atoms with Crippen LogP contribution in [0, 0.1) is 0 Å². The molecule has 1 amide bonds. The molecule has 3 rings (SSSR count). The molecule has 0 saturated carbocycles. The smallest absolute Gasteiger partial charge is 0.253 e. The molecule has 2 aromatic rings. The van der Waals surface area contributed by atoms with E-state index in [1.807, 2.05) is 11.9 Å². The summed E-state index contributed by atoms with van der Waals surface area (Å²) >= 11 is 0. The van der Waals surface area contributed by atoms with Crippen LogP contribution in [0.3, 0.4) is 0 Å². The number of carbonyl (C=O) groups excluding carboxylic acids is 3. The van der Waals surface area contributed by atoms with E-state index >= 15 is 0 Å². The quantitative estimate of drug-likeness (QED) is 0.425. The van der Waals surface area contributed by atoms with E-state index in [2.05, 4.69) is 4.90 Å². The normalized spacial score (nSPS) is 15.5. The SMILES string of the molecule is COc1c(/C(C)=C(\C=O)c2cccc(C(=O)N3CCCN(C)CC3)c2)ccc(O)c1C=O. The van der Waals surface area contributed by atoms with Crippen molar-refractivity contribution in [3.8, 4) is 11.5 Å². The number of benzene rings is 2. The number of allylic oxidation sites excluding steroid dienone is 2. The molecule has 0 aliphatic carbocycles. The zero-order valence-corrected chi connectivity index (χ0v) is 18.6. The zero-order valence-electron chi connectivity index (χ0n) is 18.6. The van der Waals surface area contributed by atoms with Gasteiger partial charge in [-0.3, -0.25) is 14.4 Å². The number of aromatic hydroxyl groups is 1. The third-order valence-corrected chi connectivity index (χ3v) is 5.85. The van der Waals surface area contributed by atoms with E-state index in [4.69, 9.17) is 4.74 Å². The van der Waals surface area contributed by atoms with E-state index in [1.54, 1.807) is 37.3 Å². The molecule has 1 aliphatic heterocycles. The largest absolute Gasteiger partial charge is 0.507 e. The number of aldehydes is 2. The van der Waals surface area contributed by atoms with Crippen LogP contribution in [0.1, 0.15) is 45.2 Å². The second-order valence-corrected chi connectivity index (χ2v) is 7.88. The maximum absolute atomic E-state index is 13.1. The molecule has 1 fully saturated rings. The summed E-state index contributed by atoms with van der Waals surface area (Å²) in [7, 11) is 3.45. The van der Waals surface area contributed by atoms with Crippen molar-refractivity contribution < 1.29 is 24.2 Å². The van der Waals surface area contributed by atoms with Crippen LogP contribution in [0.2, 0.25) is 0 Å². The Morgan fingerprint density at radius 1 is 1.06 bits per heavy atom. The van der Waals surface area contributed by atoms with Gasteiger partial charge in [0.25, 0.3) is 5.91 Å². The van der Waals surface area contributed by atoms with Gasteiger partial charge in [-0.15, -0.1) is 0 Å². The van der Waals surface area contributed by atoms with Gasteiger partial charge in [0.1, 0.15) is 11.5 Å². The first kappa shape index (κ1) is 23.2. The minimum atomic E-state index is -0.197. The minimum absolute atomic E-state index is 0.0182. The number of hydrogen-bond donors (Lipinski definition) is 1. The summed E-state index contributed by atoms with van der Waals surface area (Å²) in [5.41, 5.74) is 2.59. The number of nitrogens with zero attached hydrogens (tertiary/aromatic N) is 2. The summed E-state index contributed by atoms with van der Waals surface area (Å²) in [5.74, 6) is -0.0648. The average Bonchev–Trinajstić information content (AvgIpc) is 3.03. The van der Waals surface area contributed by atoms with Gasteiger partial charge in [-0.05, 0) is 62.3 Å². The van der Waals surface area contributed by atoms with Gasteiger partial charge in [-0.2, -0.15) is 0 Å². The Bertz CT molecular complexity index is 1060. The van der Waals surface area contributed by atoms with Crippen molar-refractivity contribution in [2.24, 2.45) is 0 Å². The van der Waals surface area contributed by atoms with E-state index in [-0.39, 0.29) is 23.0 Å². The van der Waals surface area contributed by atoms with Crippen LogP contribution in [0.25, 0.3) is 11.1 Å². The average molecular weight is 437 g/mol. The number of phenols is 1. The topological polar surface area (TPSA) is 87.2 Å². The van der Waals surface area contributed by atoms with Gasteiger partial charge in [0.15, 0.2) is 12.6 Å². The number of phenolic OH excluding ortho intramolecular Hbond substituents is 1. The number of methoxy groups -OCH3 is 1. The highest BCUT2D eigenvalue weighted by Gasteiger charge is 2.21. The molecule has 0 spiro atoms. The van der Waals surface area contributed by atoms with Crippen molar-refractivity contribution in [1.29, 1.82) is 0 Å². The minimum Gasteiger partial charge on any atom is -0.507 e. The van der Waals surface area contributed by atoms with Gasteiger partial charge in [-0.25, -0.2) is 0 Å². The van der Waals surface area contributed by atoms with E-state index in [9.17, 15) is 19.5 Å². The fourth-order valence-electron chi connectivity index (χ4n) is 3.99. The van der Waals surface area contributed by atoms with Crippen molar-refractivity contribution in [3.63, 3.8) is 0 Å². The predicted octanol–water partition coefficient (Wildman–Crippen LogP) is 3.12. The molecule has 0 radical (unpaired) electrons. The Labute approximate surface area is 187 Å². The Hall–Kier alpha value is -3.45. The molecule has 0 unspecified atom stereocenters. The molecule has 0 aromatic heterocycles. The first-order valence-electron chi connectivity index (χ1n) is 10.5. The van der Waals surface area contributed by atoms with Crippen LogP contribution in [-0.2, 0) is 4.79 Å². The van der Waals surface area contributed by atoms with Gasteiger partial charge in [-0.1, -0.05) is 12.1 Å². The molecule has 7 heteroatoms. The molecular weight excluding hydrogens is 408 g/mol. The summed E-state index contributed by atoms with van der Waals surface area (Å²) in [5, 5.41) is 9.96. The lowest BCUT2D eigenvalue weighted by atomic mass is 9.93. The molecule has 7 nitrogen and oxygen atoms in total. The van der Waals surface area contributed by atoms with Gasteiger partial charge >= 0.3 is 0 Å². The van der Waals surface area contributed by atoms with Crippen molar-refractivity contribution in [1.82, 2.24) is 9.80 Å². The van der Waals surface area contributed by atoms with Crippen molar-refractivity contribution in [2.45, 2.75) is 13.3 Å². The number of likely N-dealkylation sites (N-methyl/N-ethyl adjacent to an activating group) is 1. The van der Waals surface area contributed by atoms with Crippen LogP contribution in [0.4, 0.5) is 0 Å².